The molecule has 0 saturated carbocycles. The number of halogens is 1. The second kappa shape index (κ2) is 7.28. The van der Waals surface area contributed by atoms with Crippen molar-refractivity contribution in [2.24, 2.45) is 5.73 Å². The maximum absolute atomic E-state index is 11.6. The number of nitrogens with two attached hydrogens (primary N) is 1. The number of rotatable bonds is 5. The number of anilines is 1. The van der Waals surface area contributed by atoms with Crippen molar-refractivity contribution in [3.63, 3.8) is 0 Å². The van der Waals surface area contributed by atoms with Crippen molar-refractivity contribution in [2.75, 3.05) is 44.2 Å². The van der Waals surface area contributed by atoms with E-state index >= 15 is 0 Å². The topological polar surface area (TPSA) is 78.7 Å². The summed E-state index contributed by atoms with van der Waals surface area (Å²) in [6.07, 6.45) is 0. The Morgan fingerprint density at radius 3 is 2.48 bits per heavy atom. The molecule has 0 radical (unpaired) electrons. The molecule has 1 aromatic carbocycles. The summed E-state index contributed by atoms with van der Waals surface area (Å²) in [5.74, 6) is -0.716. The van der Waals surface area contributed by atoms with Gasteiger partial charge in [0, 0.05) is 26.2 Å². The molecule has 1 aliphatic rings. The maximum atomic E-state index is 11.6. The smallest absolute Gasteiger partial charge is 0.236 e. The van der Waals surface area contributed by atoms with Crippen molar-refractivity contribution >= 4 is 29.1 Å². The van der Waals surface area contributed by atoms with E-state index in [2.05, 4.69) is 10.2 Å². The van der Waals surface area contributed by atoms with Crippen molar-refractivity contribution in [1.82, 2.24) is 10.2 Å². The zero-order valence-corrected chi connectivity index (χ0v) is 12.5. The van der Waals surface area contributed by atoms with Crippen LogP contribution in [0.25, 0.3) is 0 Å². The van der Waals surface area contributed by atoms with E-state index in [0.717, 1.165) is 36.9 Å². The summed E-state index contributed by atoms with van der Waals surface area (Å²) in [5.41, 5.74) is 6.01. The van der Waals surface area contributed by atoms with E-state index in [-0.39, 0.29) is 19.0 Å². The van der Waals surface area contributed by atoms with Crippen molar-refractivity contribution in [2.45, 2.75) is 0 Å². The first-order valence-corrected chi connectivity index (χ1v) is 7.21. The molecule has 1 saturated heterocycles. The quantitative estimate of drug-likeness (QED) is 0.806. The Morgan fingerprint density at radius 2 is 1.86 bits per heavy atom. The highest BCUT2D eigenvalue weighted by Gasteiger charge is 2.20. The highest BCUT2D eigenvalue weighted by molar-refractivity contribution is 6.33. The Morgan fingerprint density at radius 1 is 1.19 bits per heavy atom. The molecule has 2 amide bonds. The minimum atomic E-state index is -0.535. The molecule has 1 aliphatic heterocycles. The molecule has 0 aliphatic carbocycles. The van der Waals surface area contributed by atoms with E-state index in [4.69, 9.17) is 17.3 Å². The van der Waals surface area contributed by atoms with Gasteiger partial charge in [-0.25, -0.2) is 0 Å². The molecule has 1 heterocycles. The van der Waals surface area contributed by atoms with Crippen LogP contribution >= 0.6 is 11.6 Å². The highest BCUT2D eigenvalue weighted by Crippen LogP contribution is 2.25. The van der Waals surface area contributed by atoms with Crippen LogP contribution in [0.1, 0.15) is 0 Å². The first-order chi connectivity index (χ1) is 10.1. The van der Waals surface area contributed by atoms with E-state index in [1.54, 1.807) is 0 Å². The van der Waals surface area contributed by atoms with E-state index in [9.17, 15) is 9.59 Å². The van der Waals surface area contributed by atoms with Crippen LogP contribution in [-0.4, -0.2) is 56.0 Å². The summed E-state index contributed by atoms with van der Waals surface area (Å²) in [5, 5.41) is 3.23. The van der Waals surface area contributed by atoms with Gasteiger partial charge in [0.25, 0.3) is 0 Å². The molecule has 7 heteroatoms. The molecule has 0 unspecified atom stereocenters. The summed E-state index contributed by atoms with van der Waals surface area (Å²) in [7, 11) is 0. The molecule has 21 heavy (non-hydrogen) atoms. The molecular formula is C14H19ClN4O2. The fourth-order valence-electron chi connectivity index (χ4n) is 2.30. The van der Waals surface area contributed by atoms with Gasteiger partial charge in [-0.15, -0.1) is 0 Å². The van der Waals surface area contributed by atoms with E-state index < -0.39 is 5.91 Å². The molecular weight excluding hydrogens is 292 g/mol. The Balaban J connectivity index is 1.79. The summed E-state index contributed by atoms with van der Waals surface area (Å²) in [6, 6.07) is 7.74. The molecule has 0 spiro atoms. The normalized spacial score (nSPS) is 15.8. The van der Waals surface area contributed by atoms with Crippen molar-refractivity contribution in [3.8, 4) is 0 Å². The molecule has 3 N–H and O–H groups in total. The van der Waals surface area contributed by atoms with Crippen LogP contribution in [0.5, 0.6) is 0 Å². The lowest BCUT2D eigenvalue weighted by Gasteiger charge is -2.36. The predicted octanol–water partition coefficient (Wildman–Crippen LogP) is 0.0635. The van der Waals surface area contributed by atoms with Crippen LogP contribution in [0.4, 0.5) is 5.69 Å². The second-order valence-corrected chi connectivity index (χ2v) is 5.36. The lowest BCUT2D eigenvalue weighted by Crippen LogP contribution is -2.50. The SMILES string of the molecule is NC(=O)CNC(=O)CN1CCN(c2ccccc2Cl)CC1. The third-order valence-electron chi connectivity index (χ3n) is 3.39. The fourth-order valence-corrected chi connectivity index (χ4v) is 2.56. The maximum Gasteiger partial charge on any atom is 0.236 e. The van der Waals surface area contributed by atoms with Gasteiger partial charge in [0.1, 0.15) is 0 Å². The van der Waals surface area contributed by atoms with Crippen molar-refractivity contribution in [1.29, 1.82) is 0 Å². The lowest BCUT2D eigenvalue weighted by molar-refractivity contribution is -0.125. The summed E-state index contributed by atoms with van der Waals surface area (Å²) < 4.78 is 0. The predicted molar refractivity (Wildman–Crippen MR) is 82.3 cm³/mol. The molecule has 0 aromatic heterocycles. The Hall–Kier alpha value is -1.79. The number of para-hydroxylation sites is 1. The summed E-state index contributed by atoms with van der Waals surface area (Å²) in [4.78, 5) is 26.5. The van der Waals surface area contributed by atoms with Crippen LogP contribution in [0.3, 0.4) is 0 Å². The highest BCUT2D eigenvalue weighted by atomic mass is 35.5. The molecule has 6 nitrogen and oxygen atoms in total. The first-order valence-electron chi connectivity index (χ1n) is 6.83. The number of hydrogen-bond acceptors (Lipinski definition) is 4. The van der Waals surface area contributed by atoms with Crippen molar-refractivity contribution < 1.29 is 9.59 Å². The van der Waals surface area contributed by atoms with Crippen LogP contribution in [0.2, 0.25) is 5.02 Å². The third kappa shape index (κ3) is 4.61. The van der Waals surface area contributed by atoms with Crippen molar-refractivity contribution in [3.05, 3.63) is 29.3 Å². The van der Waals surface area contributed by atoms with E-state index in [0.29, 0.717) is 0 Å². The number of nitrogens with zero attached hydrogens (tertiary/aromatic N) is 2. The summed E-state index contributed by atoms with van der Waals surface area (Å²) >= 11 is 6.19. The minimum absolute atomic E-state index is 0.113. The number of primary amides is 1. The molecule has 0 atom stereocenters. The molecule has 1 fully saturated rings. The van der Waals surface area contributed by atoms with Crippen LogP contribution in [0, 0.1) is 0 Å². The monoisotopic (exact) mass is 310 g/mol. The Labute approximate surface area is 128 Å². The number of carbonyl (C=O) groups excluding carboxylic acids is 2. The second-order valence-electron chi connectivity index (χ2n) is 4.96. The largest absolute Gasteiger partial charge is 0.368 e. The number of hydrogen-bond donors (Lipinski definition) is 2. The average Bonchev–Trinajstić information content (AvgIpc) is 2.47. The number of amides is 2. The Bertz CT molecular complexity index is 515. The first kappa shape index (κ1) is 15.6. The number of carbonyl (C=O) groups is 2. The van der Waals surface area contributed by atoms with Gasteiger partial charge >= 0.3 is 0 Å². The van der Waals surface area contributed by atoms with Gasteiger partial charge in [-0.1, -0.05) is 23.7 Å². The lowest BCUT2D eigenvalue weighted by atomic mass is 10.2. The fraction of sp³-hybridized carbons (Fsp3) is 0.429. The van der Waals surface area contributed by atoms with Gasteiger partial charge in [0.05, 0.1) is 23.8 Å². The van der Waals surface area contributed by atoms with E-state index in [1.165, 1.54) is 0 Å². The molecule has 2 rings (SSSR count). The zero-order valence-electron chi connectivity index (χ0n) is 11.7. The molecule has 0 bridgehead atoms. The number of piperazine rings is 1. The average molecular weight is 311 g/mol. The van der Waals surface area contributed by atoms with Gasteiger partial charge in [-0.05, 0) is 12.1 Å². The van der Waals surface area contributed by atoms with Crippen LogP contribution in [0.15, 0.2) is 24.3 Å². The number of nitrogens with one attached hydrogen (secondary N) is 1. The zero-order chi connectivity index (χ0) is 15.2. The van der Waals surface area contributed by atoms with Crippen LogP contribution in [-0.2, 0) is 9.59 Å². The summed E-state index contributed by atoms with van der Waals surface area (Å²) in [6.45, 7) is 3.34. The Kier molecular flexibility index (Phi) is 5.41. The van der Waals surface area contributed by atoms with Gasteiger partial charge in [0.15, 0.2) is 0 Å². The minimum Gasteiger partial charge on any atom is -0.368 e. The molecule has 114 valence electrons. The van der Waals surface area contributed by atoms with E-state index in [1.807, 2.05) is 29.2 Å². The number of benzene rings is 1. The van der Waals surface area contributed by atoms with Gasteiger partial charge in [-0.2, -0.15) is 0 Å². The van der Waals surface area contributed by atoms with Gasteiger partial charge in [-0.3, -0.25) is 14.5 Å². The molecule has 1 aromatic rings. The van der Waals surface area contributed by atoms with Gasteiger partial charge in [0.2, 0.25) is 11.8 Å². The van der Waals surface area contributed by atoms with Crippen LogP contribution < -0.4 is 16.0 Å². The third-order valence-corrected chi connectivity index (χ3v) is 3.71. The van der Waals surface area contributed by atoms with Gasteiger partial charge < -0.3 is 16.0 Å². The standard InChI is InChI=1S/C14H19ClN4O2/c15-11-3-1-2-4-12(11)19-7-5-18(6-8-19)10-14(21)17-9-13(16)20/h1-4H,5-10H2,(H2,16,20)(H,17,21).